The van der Waals surface area contributed by atoms with Crippen LogP contribution >= 0.6 is 11.8 Å². The van der Waals surface area contributed by atoms with Crippen LogP contribution in [0.2, 0.25) is 0 Å². The van der Waals surface area contributed by atoms with Crippen LogP contribution in [0, 0.1) is 5.82 Å². The molecular formula is C18H14FNO4S. The number of carbonyl (C=O) groups is 2. The first kappa shape index (κ1) is 17.0. The van der Waals surface area contributed by atoms with E-state index in [0.717, 1.165) is 16.7 Å². The maximum atomic E-state index is 12.8. The maximum absolute atomic E-state index is 12.8. The first-order valence-corrected chi connectivity index (χ1v) is 8.28. The third-order valence-corrected chi connectivity index (χ3v) is 4.40. The molecule has 1 heterocycles. The zero-order chi connectivity index (χ0) is 17.8. The topological polar surface area (TPSA) is 66.8 Å². The highest BCUT2D eigenvalue weighted by Gasteiger charge is 2.34. The van der Waals surface area contributed by atoms with Gasteiger partial charge in [-0.2, -0.15) is 0 Å². The van der Waals surface area contributed by atoms with E-state index in [2.05, 4.69) is 0 Å². The Morgan fingerprint density at radius 3 is 2.56 bits per heavy atom. The lowest BCUT2D eigenvalue weighted by Crippen LogP contribution is -2.32. The highest BCUT2D eigenvalue weighted by molar-refractivity contribution is 8.18. The average molecular weight is 359 g/mol. The van der Waals surface area contributed by atoms with Gasteiger partial charge in [-0.15, -0.1) is 0 Å². The Balaban J connectivity index is 1.63. The lowest BCUT2D eigenvalue weighted by molar-refractivity contribution is -0.123. The van der Waals surface area contributed by atoms with Crippen molar-refractivity contribution in [2.75, 3.05) is 13.2 Å². The third-order valence-electron chi connectivity index (χ3n) is 3.49. The minimum absolute atomic E-state index is 0.0361. The van der Waals surface area contributed by atoms with Crippen LogP contribution in [-0.2, 0) is 4.79 Å². The van der Waals surface area contributed by atoms with Crippen molar-refractivity contribution in [3.05, 3.63) is 64.8 Å². The number of rotatable bonds is 5. The minimum Gasteiger partial charge on any atom is -0.507 e. The molecule has 0 atom stereocenters. The van der Waals surface area contributed by atoms with E-state index in [-0.39, 0.29) is 29.6 Å². The van der Waals surface area contributed by atoms with Crippen LogP contribution in [0.5, 0.6) is 11.5 Å². The summed E-state index contributed by atoms with van der Waals surface area (Å²) in [7, 11) is 0. The number of imide groups is 1. The predicted octanol–water partition coefficient (Wildman–Crippen LogP) is 3.65. The smallest absolute Gasteiger partial charge is 0.293 e. The van der Waals surface area contributed by atoms with E-state index < -0.39 is 11.1 Å². The number of para-hydroxylation sites is 1. The van der Waals surface area contributed by atoms with Gasteiger partial charge in [0.2, 0.25) is 0 Å². The number of nitrogens with zero attached hydrogens (tertiary/aromatic N) is 1. The number of phenolic OH excluding ortho intramolecular Hbond substituents is 1. The normalized spacial score (nSPS) is 15.9. The molecule has 0 unspecified atom stereocenters. The third kappa shape index (κ3) is 4.00. The van der Waals surface area contributed by atoms with Gasteiger partial charge >= 0.3 is 0 Å². The van der Waals surface area contributed by atoms with Crippen LogP contribution in [-0.4, -0.2) is 34.3 Å². The lowest BCUT2D eigenvalue weighted by atomic mass is 10.2. The van der Waals surface area contributed by atoms with Crippen molar-refractivity contribution in [2.45, 2.75) is 0 Å². The molecule has 0 saturated carbocycles. The number of benzene rings is 2. The first-order chi connectivity index (χ1) is 12.0. The van der Waals surface area contributed by atoms with Gasteiger partial charge in [0.1, 0.15) is 23.9 Å². The van der Waals surface area contributed by atoms with E-state index in [1.807, 2.05) is 0 Å². The zero-order valence-corrected chi connectivity index (χ0v) is 13.8. The Bertz CT molecular complexity index is 835. The molecule has 1 aliphatic heterocycles. The fourth-order valence-corrected chi connectivity index (χ4v) is 3.09. The summed E-state index contributed by atoms with van der Waals surface area (Å²) in [6.07, 6.45) is 1.49. The Kier molecular flexibility index (Phi) is 5.04. The number of hydrogen-bond acceptors (Lipinski definition) is 5. The molecule has 0 radical (unpaired) electrons. The second-order valence-electron chi connectivity index (χ2n) is 5.19. The second-order valence-corrected chi connectivity index (χ2v) is 6.19. The molecule has 0 bridgehead atoms. The summed E-state index contributed by atoms with van der Waals surface area (Å²) >= 11 is 0.816. The average Bonchev–Trinajstić information content (AvgIpc) is 2.86. The number of halogens is 1. The van der Waals surface area contributed by atoms with Gasteiger partial charge in [-0.05, 0) is 48.2 Å². The number of aromatic hydroxyl groups is 1. The van der Waals surface area contributed by atoms with E-state index in [9.17, 15) is 19.1 Å². The van der Waals surface area contributed by atoms with E-state index >= 15 is 0 Å². The number of amides is 2. The molecule has 2 aromatic rings. The standard InChI is InChI=1S/C18H14FNO4S/c19-13-5-7-14(8-6-13)24-10-9-20-17(22)16(25-18(20)23)11-12-3-1-2-4-15(12)21/h1-8,11,21H,9-10H2/b16-11-. The predicted molar refractivity (Wildman–Crippen MR) is 92.7 cm³/mol. The van der Waals surface area contributed by atoms with Gasteiger partial charge < -0.3 is 9.84 Å². The summed E-state index contributed by atoms with van der Waals surface area (Å²) in [4.78, 5) is 25.7. The van der Waals surface area contributed by atoms with Crippen molar-refractivity contribution >= 4 is 29.0 Å². The molecule has 1 saturated heterocycles. The van der Waals surface area contributed by atoms with E-state index in [4.69, 9.17) is 4.74 Å². The second kappa shape index (κ2) is 7.40. The number of carbonyl (C=O) groups excluding carboxylic acids is 2. The van der Waals surface area contributed by atoms with Gasteiger partial charge in [0.25, 0.3) is 11.1 Å². The molecule has 2 amide bonds. The van der Waals surface area contributed by atoms with Crippen LogP contribution in [0.15, 0.2) is 53.4 Å². The minimum atomic E-state index is -0.430. The summed E-state index contributed by atoms with van der Waals surface area (Å²) in [6.45, 7) is 0.188. The molecule has 3 rings (SSSR count). The van der Waals surface area contributed by atoms with Crippen molar-refractivity contribution < 1.29 is 23.8 Å². The number of thioether (sulfide) groups is 1. The fourth-order valence-electron chi connectivity index (χ4n) is 2.23. The Labute approximate surface area is 147 Å². The van der Waals surface area contributed by atoms with Gasteiger partial charge in [0.15, 0.2) is 0 Å². The number of phenols is 1. The van der Waals surface area contributed by atoms with Crippen molar-refractivity contribution in [3.63, 3.8) is 0 Å². The monoisotopic (exact) mass is 359 g/mol. The van der Waals surface area contributed by atoms with Gasteiger partial charge in [-0.25, -0.2) is 4.39 Å². The Morgan fingerprint density at radius 1 is 1.12 bits per heavy atom. The van der Waals surface area contributed by atoms with Crippen LogP contribution < -0.4 is 4.74 Å². The summed E-state index contributed by atoms with van der Waals surface area (Å²) in [5.41, 5.74) is 0.468. The van der Waals surface area contributed by atoms with Crippen LogP contribution in [0.4, 0.5) is 9.18 Å². The largest absolute Gasteiger partial charge is 0.507 e. The summed E-state index contributed by atoms with van der Waals surface area (Å²) < 4.78 is 18.2. The van der Waals surface area contributed by atoms with Crippen LogP contribution in [0.3, 0.4) is 0 Å². The molecule has 25 heavy (non-hydrogen) atoms. The van der Waals surface area contributed by atoms with Gasteiger partial charge in [0, 0.05) is 5.56 Å². The number of hydrogen-bond donors (Lipinski definition) is 1. The van der Waals surface area contributed by atoms with Crippen molar-refractivity contribution in [2.24, 2.45) is 0 Å². The molecule has 7 heteroatoms. The van der Waals surface area contributed by atoms with Gasteiger partial charge in [-0.3, -0.25) is 14.5 Å². The molecule has 5 nitrogen and oxygen atoms in total. The van der Waals surface area contributed by atoms with E-state index in [0.29, 0.717) is 11.3 Å². The van der Waals surface area contributed by atoms with Crippen molar-refractivity contribution in [1.29, 1.82) is 0 Å². The molecule has 2 aromatic carbocycles. The van der Waals surface area contributed by atoms with Crippen LogP contribution in [0.25, 0.3) is 6.08 Å². The van der Waals surface area contributed by atoms with Gasteiger partial charge in [0.05, 0.1) is 11.4 Å². The molecular weight excluding hydrogens is 345 g/mol. The van der Waals surface area contributed by atoms with Crippen LogP contribution in [0.1, 0.15) is 5.56 Å². The highest BCUT2D eigenvalue weighted by atomic mass is 32.2. The van der Waals surface area contributed by atoms with E-state index in [1.54, 1.807) is 18.2 Å². The summed E-state index contributed by atoms with van der Waals surface area (Å²) in [6, 6.07) is 12.0. The Morgan fingerprint density at radius 2 is 1.84 bits per heavy atom. The Hall–Kier alpha value is -2.80. The molecule has 1 N–H and O–H groups in total. The van der Waals surface area contributed by atoms with Crippen molar-refractivity contribution in [3.8, 4) is 11.5 Å². The van der Waals surface area contributed by atoms with Crippen molar-refractivity contribution in [1.82, 2.24) is 4.90 Å². The summed E-state index contributed by atoms with van der Waals surface area (Å²) in [5, 5.41) is 9.37. The quantitative estimate of drug-likeness (QED) is 0.826. The molecule has 1 fully saturated rings. The molecule has 0 spiro atoms. The molecule has 0 aliphatic carbocycles. The fraction of sp³-hybridized carbons (Fsp3) is 0.111. The molecule has 1 aliphatic rings. The first-order valence-electron chi connectivity index (χ1n) is 7.46. The number of ether oxygens (including phenoxy) is 1. The SMILES string of the molecule is O=C1S/C(=C\c2ccccc2O)C(=O)N1CCOc1ccc(F)cc1. The maximum Gasteiger partial charge on any atom is 0.293 e. The summed E-state index contributed by atoms with van der Waals surface area (Å²) in [5.74, 6) is -0.305. The van der Waals surface area contributed by atoms with E-state index in [1.165, 1.54) is 36.4 Å². The molecule has 0 aromatic heterocycles. The lowest BCUT2D eigenvalue weighted by Gasteiger charge is -2.13. The highest BCUT2D eigenvalue weighted by Crippen LogP contribution is 2.33. The molecule has 128 valence electrons. The zero-order valence-electron chi connectivity index (χ0n) is 13.0. The van der Waals surface area contributed by atoms with Gasteiger partial charge in [-0.1, -0.05) is 18.2 Å².